The predicted octanol–water partition coefficient (Wildman–Crippen LogP) is 5.46. The van der Waals surface area contributed by atoms with Crippen molar-refractivity contribution in [2.45, 2.75) is 39.0 Å². The number of fused-ring (bicyclic) bond motifs is 1. The molecule has 0 fully saturated rings. The van der Waals surface area contributed by atoms with Crippen LogP contribution in [0.1, 0.15) is 31.4 Å². The summed E-state index contributed by atoms with van der Waals surface area (Å²) in [7, 11) is 0. The number of ether oxygens (including phenoxy) is 1. The number of hydrogen-bond donors (Lipinski definition) is 0. The van der Waals surface area contributed by atoms with Gasteiger partial charge < -0.3 is 14.5 Å². The van der Waals surface area contributed by atoms with Crippen molar-refractivity contribution >= 4 is 29.1 Å². The lowest BCUT2D eigenvalue weighted by Crippen LogP contribution is -2.53. The highest BCUT2D eigenvalue weighted by Gasteiger charge is 2.41. The average molecular weight is 463 g/mol. The Bertz CT molecular complexity index is 1090. The third-order valence-corrected chi connectivity index (χ3v) is 5.91. The zero-order valence-electron chi connectivity index (χ0n) is 18.8. The van der Waals surface area contributed by atoms with Crippen LogP contribution in [0.3, 0.4) is 0 Å². The minimum atomic E-state index is -1.02. The van der Waals surface area contributed by atoms with Gasteiger partial charge in [-0.2, -0.15) is 0 Å². The first-order valence-corrected chi connectivity index (χ1v) is 11.4. The summed E-state index contributed by atoms with van der Waals surface area (Å²) in [5.41, 5.74) is 1.69. The molecular weight excluding hydrogens is 436 g/mol. The van der Waals surface area contributed by atoms with Crippen LogP contribution in [0, 0.1) is 0 Å². The maximum atomic E-state index is 13.4. The van der Waals surface area contributed by atoms with E-state index in [0.717, 1.165) is 11.1 Å². The minimum Gasteiger partial charge on any atom is -0.476 e. The largest absolute Gasteiger partial charge is 0.476 e. The molecule has 0 aliphatic carbocycles. The topological polar surface area (TPSA) is 49.9 Å². The van der Waals surface area contributed by atoms with Crippen LogP contribution < -0.4 is 9.64 Å². The quantitative estimate of drug-likeness (QED) is 0.468. The third kappa shape index (κ3) is 5.37. The van der Waals surface area contributed by atoms with Crippen molar-refractivity contribution in [1.82, 2.24) is 4.90 Å². The lowest BCUT2D eigenvalue weighted by Gasteiger charge is -2.39. The second kappa shape index (κ2) is 9.67. The van der Waals surface area contributed by atoms with E-state index in [4.69, 9.17) is 16.3 Å². The first-order chi connectivity index (χ1) is 15.8. The van der Waals surface area contributed by atoms with Gasteiger partial charge in [0, 0.05) is 31.1 Å². The Kier molecular flexibility index (Phi) is 6.70. The summed E-state index contributed by atoms with van der Waals surface area (Å²) in [6.07, 6.45) is 0.188. The van der Waals surface area contributed by atoms with Crippen molar-refractivity contribution in [2.24, 2.45) is 0 Å². The van der Waals surface area contributed by atoms with Gasteiger partial charge in [0.05, 0.1) is 5.69 Å². The van der Waals surface area contributed by atoms with E-state index in [9.17, 15) is 9.59 Å². The lowest BCUT2D eigenvalue weighted by molar-refractivity contribution is -0.134. The van der Waals surface area contributed by atoms with Crippen molar-refractivity contribution in [3.63, 3.8) is 0 Å². The van der Waals surface area contributed by atoms with Gasteiger partial charge in [-0.15, -0.1) is 0 Å². The monoisotopic (exact) mass is 462 g/mol. The molecule has 170 valence electrons. The molecule has 0 radical (unpaired) electrons. The van der Waals surface area contributed by atoms with E-state index in [-0.39, 0.29) is 24.8 Å². The number of benzene rings is 3. The molecule has 0 unspecified atom stereocenters. The highest BCUT2D eigenvalue weighted by Crippen LogP contribution is 2.39. The number of amides is 2. The number of carbonyl (C=O) groups excluding carboxylic acids is 2. The van der Waals surface area contributed by atoms with Gasteiger partial charge in [-0.25, -0.2) is 0 Å². The molecule has 3 aromatic rings. The van der Waals surface area contributed by atoms with Crippen molar-refractivity contribution in [3.8, 4) is 5.75 Å². The van der Waals surface area contributed by atoms with E-state index in [1.807, 2.05) is 65.6 Å². The van der Waals surface area contributed by atoms with Crippen LogP contribution in [0.25, 0.3) is 0 Å². The zero-order valence-corrected chi connectivity index (χ0v) is 19.6. The fourth-order valence-corrected chi connectivity index (χ4v) is 4.13. The Hall–Kier alpha value is -3.31. The summed E-state index contributed by atoms with van der Waals surface area (Å²) < 4.78 is 5.88. The zero-order chi connectivity index (χ0) is 23.4. The summed E-state index contributed by atoms with van der Waals surface area (Å²) in [5, 5.41) is 0.510. The number of nitrogens with zero attached hydrogens (tertiary/aromatic N) is 2. The SMILES string of the molecule is CC1(C)Oc2ccc(Cl)cc2N(CCC(=O)N(Cc2ccccc2)Cc2ccccc2)C1=O. The smallest absolute Gasteiger partial charge is 0.270 e. The Morgan fingerprint density at radius 2 is 1.52 bits per heavy atom. The fourth-order valence-electron chi connectivity index (χ4n) is 3.97. The molecule has 6 heteroatoms. The molecule has 0 saturated heterocycles. The van der Waals surface area contributed by atoms with E-state index < -0.39 is 5.60 Å². The van der Waals surface area contributed by atoms with Crippen LogP contribution in [0.2, 0.25) is 5.02 Å². The number of halogens is 1. The molecule has 0 aromatic heterocycles. The van der Waals surface area contributed by atoms with Crippen molar-refractivity contribution in [3.05, 3.63) is 95.0 Å². The van der Waals surface area contributed by atoms with Gasteiger partial charge in [0.1, 0.15) is 5.75 Å². The highest BCUT2D eigenvalue weighted by atomic mass is 35.5. The minimum absolute atomic E-state index is 0.0246. The molecule has 3 aromatic carbocycles. The Morgan fingerprint density at radius 1 is 0.939 bits per heavy atom. The van der Waals surface area contributed by atoms with E-state index in [1.54, 1.807) is 36.9 Å². The van der Waals surface area contributed by atoms with Crippen LogP contribution in [-0.2, 0) is 22.7 Å². The number of hydrogen-bond acceptors (Lipinski definition) is 3. The van der Waals surface area contributed by atoms with Crippen molar-refractivity contribution in [2.75, 3.05) is 11.4 Å². The molecule has 0 bridgehead atoms. The van der Waals surface area contributed by atoms with E-state index in [1.165, 1.54) is 0 Å². The van der Waals surface area contributed by atoms with Gasteiger partial charge in [-0.05, 0) is 43.2 Å². The first kappa shape index (κ1) is 22.9. The van der Waals surface area contributed by atoms with Gasteiger partial charge in [0.25, 0.3) is 5.91 Å². The Balaban J connectivity index is 1.54. The van der Waals surface area contributed by atoms with Crippen LogP contribution in [0.5, 0.6) is 5.75 Å². The molecule has 4 rings (SSSR count). The molecule has 0 N–H and O–H groups in total. The molecule has 1 aliphatic heterocycles. The molecule has 1 heterocycles. The maximum Gasteiger partial charge on any atom is 0.270 e. The average Bonchev–Trinajstić information content (AvgIpc) is 2.80. The summed E-state index contributed by atoms with van der Waals surface area (Å²) in [6.45, 7) is 4.72. The molecule has 0 saturated carbocycles. The van der Waals surface area contributed by atoms with E-state index in [2.05, 4.69) is 0 Å². The van der Waals surface area contributed by atoms with Gasteiger partial charge in [-0.1, -0.05) is 72.3 Å². The van der Waals surface area contributed by atoms with Gasteiger partial charge in [0.15, 0.2) is 5.60 Å². The van der Waals surface area contributed by atoms with E-state index >= 15 is 0 Å². The standard InChI is InChI=1S/C27H27ClN2O3/c1-27(2)26(32)30(23-17-22(28)13-14-24(23)33-27)16-15-25(31)29(18-20-9-5-3-6-10-20)19-21-11-7-4-8-12-21/h3-14,17H,15-16,18-19H2,1-2H3. The van der Waals surface area contributed by atoms with Crippen molar-refractivity contribution in [1.29, 1.82) is 0 Å². The Morgan fingerprint density at radius 3 is 2.09 bits per heavy atom. The molecule has 33 heavy (non-hydrogen) atoms. The molecule has 1 aliphatic rings. The summed E-state index contributed by atoms with van der Waals surface area (Å²) >= 11 is 6.19. The van der Waals surface area contributed by atoms with Crippen LogP contribution >= 0.6 is 11.6 Å². The summed E-state index contributed by atoms with van der Waals surface area (Å²) in [4.78, 5) is 29.9. The molecule has 5 nitrogen and oxygen atoms in total. The first-order valence-electron chi connectivity index (χ1n) is 11.0. The number of anilines is 1. The molecule has 0 spiro atoms. The lowest BCUT2D eigenvalue weighted by atomic mass is 10.0. The predicted molar refractivity (Wildman–Crippen MR) is 130 cm³/mol. The maximum absolute atomic E-state index is 13.4. The second-order valence-corrected chi connectivity index (χ2v) is 9.09. The molecular formula is C27H27ClN2O3. The molecule has 0 atom stereocenters. The second-order valence-electron chi connectivity index (χ2n) is 8.65. The van der Waals surface area contributed by atoms with E-state index in [0.29, 0.717) is 29.5 Å². The number of carbonyl (C=O) groups is 2. The normalized spacial score (nSPS) is 14.4. The highest BCUT2D eigenvalue weighted by molar-refractivity contribution is 6.31. The Labute approximate surface area is 199 Å². The summed E-state index contributed by atoms with van der Waals surface area (Å²) in [6, 6.07) is 25.0. The summed E-state index contributed by atoms with van der Waals surface area (Å²) in [5.74, 6) is 0.369. The van der Waals surface area contributed by atoms with Gasteiger partial charge in [0.2, 0.25) is 5.91 Å². The van der Waals surface area contributed by atoms with Gasteiger partial charge in [-0.3, -0.25) is 9.59 Å². The number of rotatable bonds is 7. The molecule has 2 amide bonds. The van der Waals surface area contributed by atoms with Gasteiger partial charge >= 0.3 is 0 Å². The van der Waals surface area contributed by atoms with Crippen LogP contribution in [0.15, 0.2) is 78.9 Å². The van der Waals surface area contributed by atoms with Crippen LogP contribution in [0.4, 0.5) is 5.69 Å². The van der Waals surface area contributed by atoms with Crippen molar-refractivity contribution < 1.29 is 14.3 Å². The third-order valence-electron chi connectivity index (χ3n) is 5.67. The fraction of sp³-hybridized carbons (Fsp3) is 0.259. The van der Waals surface area contributed by atoms with Crippen LogP contribution in [-0.4, -0.2) is 28.9 Å².